The van der Waals surface area contributed by atoms with E-state index in [2.05, 4.69) is 13.0 Å². The first-order valence-electron chi connectivity index (χ1n) is 8.03. The molecule has 0 radical (unpaired) electrons. The molecule has 3 nitrogen and oxygen atoms in total. The van der Waals surface area contributed by atoms with Gasteiger partial charge in [0.05, 0.1) is 5.56 Å². The summed E-state index contributed by atoms with van der Waals surface area (Å²) < 4.78 is 0. The van der Waals surface area contributed by atoms with Gasteiger partial charge < -0.3 is 0 Å². The minimum Gasteiger partial charge on any atom is -0.274 e. The first-order chi connectivity index (χ1) is 11.2. The molecule has 1 aliphatic heterocycles. The van der Waals surface area contributed by atoms with Gasteiger partial charge in [0.15, 0.2) is 0 Å². The summed E-state index contributed by atoms with van der Waals surface area (Å²) in [7, 11) is 0. The molecule has 0 spiro atoms. The van der Waals surface area contributed by atoms with Gasteiger partial charge in [0.1, 0.15) is 0 Å². The monoisotopic (exact) mass is 303 g/mol. The van der Waals surface area contributed by atoms with Crippen molar-refractivity contribution in [1.29, 1.82) is 0 Å². The molecular formula is C20H17NO2. The molecule has 0 bridgehead atoms. The average molecular weight is 303 g/mol. The second-order valence-electron chi connectivity index (χ2n) is 5.99. The Bertz CT molecular complexity index is 958. The smallest absolute Gasteiger partial charge is 0.262 e. The minimum absolute atomic E-state index is 0.163. The van der Waals surface area contributed by atoms with Gasteiger partial charge in [-0.25, -0.2) is 0 Å². The molecule has 0 aromatic heterocycles. The number of unbranched alkanes of at least 4 members (excludes halogenated alkanes) is 1. The summed E-state index contributed by atoms with van der Waals surface area (Å²) >= 11 is 0. The van der Waals surface area contributed by atoms with Crippen molar-refractivity contribution in [3.63, 3.8) is 0 Å². The van der Waals surface area contributed by atoms with Crippen molar-refractivity contribution in [2.75, 3.05) is 6.54 Å². The molecule has 1 aliphatic rings. The van der Waals surface area contributed by atoms with Crippen LogP contribution in [0.25, 0.3) is 21.5 Å². The lowest BCUT2D eigenvalue weighted by Gasteiger charge is -2.28. The fourth-order valence-electron chi connectivity index (χ4n) is 3.41. The predicted octanol–water partition coefficient (Wildman–Crippen LogP) is 4.39. The fourth-order valence-corrected chi connectivity index (χ4v) is 3.41. The van der Waals surface area contributed by atoms with Crippen molar-refractivity contribution in [1.82, 2.24) is 4.90 Å². The van der Waals surface area contributed by atoms with Crippen LogP contribution in [0.3, 0.4) is 0 Å². The predicted molar refractivity (Wildman–Crippen MR) is 91.7 cm³/mol. The Morgan fingerprint density at radius 2 is 1.70 bits per heavy atom. The Kier molecular flexibility index (Phi) is 3.15. The number of carbonyl (C=O) groups excluding carboxylic acids is 2. The van der Waals surface area contributed by atoms with Crippen LogP contribution in [0.15, 0.2) is 48.5 Å². The number of benzene rings is 3. The van der Waals surface area contributed by atoms with Crippen molar-refractivity contribution < 1.29 is 9.59 Å². The van der Waals surface area contributed by atoms with E-state index in [4.69, 9.17) is 0 Å². The van der Waals surface area contributed by atoms with E-state index in [0.29, 0.717) is 17.7 Å². The SMILES string of the molecule is CCCCN1C(=O)c2cccc3cc4ccccc4c(c23)C1=O. The molecule has 2 amide bonds. The molecule has 0 fully saturated rings. The van der Waals surface area contributed by atoms with Gasteiger partial charge in [-0.15, -0.1) is 0 Å². The van der Waals surface area contributed by atoms with E-state index in [1.165, 1.54) is 4.90 Å². The van der Waals surface area contributed by atoms with E-state index in [0.717, 1.165) is 34.4 Å². The van der Waals surface area contributed by atoms with Gasteiger partial charge in [0, 0.05) is 17.5 Å². The third kappa shape index (κ3) is 1.96. The van der Waals surface area contributed by atoms with E-state index in [1.54, 1.807) is 0 Å². The van der Waals surface area contributed by atoms with Gasteiger partial charge in [-0.2, -0.15) is 0 Å². The maximum absolute atomic E-state index is 13.0. The molecule has 114 valence electrons. The maximum Gasteiger partial charge on any atom is 0.262 e. The first kappa shape index (κ1) is 13.9. The molecule has 23 heavy (non-hydrogen) atoms. The average Bonchev–Trinajstić information content (AvgIpc) is 2.58. The molecule has 3 heteroatoms. The molecule has 3 aromatic carbocycles. The Morgan fingerprint density at radius 3 is 2.52 bits per heavy atom. The van der Waals surface area contributed by atoms with E-state index in [-0.39, 0.29) is 11.8 Å². The van der Waals surface area contributed by atoms with E-state index < -0.39 is 0 Å². The Hall–Kier alpha value is -2.68. The largest absolute Gasteiger partial charge is 0.274 e. The Balaban J connectivity index is 2.08. The van der Waals surface area contributed by atoms with Gasteiger partial charge in [-0.3, -0.25) is 14.5 Å². The van der Waals surface area contributed by atoms with E-state index in [9.17, 15) is 9.59 Å². The van der Waals surface area contributed by atoms with Gasteiger partial charge in [-0.05, 0) is 34.7 Å². The number of amides is 2. The third-order valence-electron chi connectivity index (χ3n) is 4.56. The second kappa shape index (κ2) is 5.20. The highest BCUT2D eigenvalue weighted by Crippen LogP contribution is 2.35. The van der Waals surface area contributed by atoms with Crippen LogP contribution in [0.4, 0.5) is 0 Å². The number of hydrogen-bond acceptors (Lipinski definition) is 2. The van der Waals surface area contributed by atoms with Crippen molar-refractivity contribution in [2.45, 2.75) is 19.8 Å². The van der Waals surface area contributed by atoms with Gasteiger partial charge in [-0.1, -0.05) is 49.7 Å². The van der Waals surface area contributed by atoms with Crippen LogP contribution in [0.1, 0.15) is 40.5 Å². The number of hydrogen-bond donors (Lipinski definition) is 0. The molecule has 0 aliphatic carbocycles. The number of carbonyl (C=O) groups is 2. The maximum atomic E-state index is 13.0. The summed E-state index contributed by atoms with van der Waals surface area (Å²) in [6, 6.07) is 15.6. The standard InChI is InChI=1S/C20H17NO2/c1-2-3-11-21-19(22)16-10-6-8-14-12-13-7-4-5-9-15(13)18(17(14)16)20(21)23/h4-10,12H,2-3,11H2,1H3. The highest BCUT2D eigenvalue weighted by atomic mass is 16.2. The summed E-state index contributed by atoms with van der Waals surface area (Å²) in [6.07, 6.45) is 1.78. The molecule has 0 saturated heterocycles. The van der Waals surface area contributed by atoms with Crippen molar-refractivity contribution in [3.8, 4) is 0 Å². The number of fused-ring (bicyclic) bond motifs is 2. The summed E-state index contributed by atoms with van der Waals surface area (Å²) in [6.45, 7) is 2.54. The molecule has 0 atom stereocenters. The molecule has 0 unspecified atom stereocenters. The quantitative estimate of drug-likeness (QED) is 0.531. The van der Waals surface area contributed by atoms with E-state index in [1.807, 2.05) is 42.5 Å². The summed E-state index contributed by atoms with van der Waals surface area (Å²) in [5.74, 6) is -0.333. The molecule has 3 aromatic rings. The fraction of sp³-hybridized carbons (Fsp3) is 0.200. The van der Waals surface area contributed by atoms with Crippen LogP contribution in [-0.4, -0.2) is 23.3 Å². The third-order valence-corrected chi connectivity index (χ3v) is 4.56. The molecule has 0 saturated carbocycles. The molecule has 1 heterocycles. The van der Waals surface area contributed by atoms with Gasteiger partial charge in [0.2, 0.25) is 0 Å². The summed E-state index contributed by atoms with van der Waals surface area (Å²) in [5, 5.41) is 3.71. The Morgan fingerprint density at radius 1 is 0.913 bits per heavy atom. The molecule has 0 N–H and O–H groups in total. The van der Waals surface area contributed by atoms with Crippen molar-refractivity contribution >= 4 is 33.4 Å². The van der Waals surface area contributed by atoms with Crippen molar-refractivity contribution in [3.05, 3.63) is 59.7 Å². The van der Waals surface area contributed by atoms with Gasteiger partial charge >= 0.3 is 0 Å². The zero-order valence-corrected chi connectivity index (χ0v) is 13.0. The molecular weight excluding hydrogens is 286 g/mol. The lowest BCUT2D eigenvalue weighted by molar-refractivity contribution is 0.0610. The first-order valence-corrected chi connectivity index (χ1v) is 8.03. The number of nitrogens with zero attached hydrogens (tertiary/aromatic N) is 1. The normalized spacial score (nSPS) is 14.0. The highest BCUT2D eigenvalue weighted by Gasteiger charge is 2.33. The topological polar surface area (TPSA) is 37.4 Å². The lowest BCUT2D eigenvalue weighted by atomic mass is 9.89. The van der Waals surface area contributed by atoms with Crippen LogP contribution in [0, 0.1) is 0 Å². The summed E-state index contributed by atoms with van der Waals surface area (Å²) in [4.78, 5) is 27.2. The van der Waals surface area contributed by atoms with E-state index >= 15 is 0 Å². The van der Waals surface area contributed by atoms with Gasteiger partial charge in [0.25, 0.3) is 11.8 Å². The van der Waals surface area contributed by atoms with Crippen LogP contribution in [0.5, 0.6) is 0 Å². The van der Waals surface area contributed by atoms with Crippen LogP contribution in [-0.2, 0) is 0 Å². The molecule has 4 rings (SSSR count). The highest BCUT2D eigenvalue weighted by molar-refractivity contribution is 6.30. The van der Waals surface area contributed by atoms with Crippen molar-refractivity contribution in [2.24, 2.45) is 0 Å². The number of rotatable bonds is 3. The summed E-state index contributed by atoms with van der Waals surface area (Å²) in [5.41, 5.74) is 1.31. The zero-order valence-electron chi connectivity index (χ0n) is 13.0. The lowest BCUT2D eigenvalue weighted by Crippen LogP contribution is -2.41. The van der Waals surface area contributed by atoms with Crippen LogP contribution in [0.2, 0.25) is 0 Å². The number of imide groups is 1. The Labute approximate surface area is 134 Å². The van der Waals surface area contributed by atoms with Crippen LogP contribution < -0.4 is 0 Å². The zero-order chi connectivity index (χ0) is 16.0. The second-order valence-corrected chi connectivity index (χ2v) is 5.99. The minimum atomic E-state index is -0.170. The van der Waals surface area contributed by atoms with Crippen LogP contribution >= 0.6 is 0 Å².